The van der Waals surface area contributed by atoms with Crippen LogP contribution in [0, 0.1) is 5.82 Å². The first-order chi connectivity index (χ1) is 7.36. The van der Waals surface area contributed by atoms with Crippen molar-refractivity contribution < 1.29 is 9.19 Å². The Labute approximate surface area is 98.5 Å². The minimum absolute atomic E-state index is 0.221. The predicted molar refractivity (Wildman–Crippen MR) is 68.3 cm³/mol. The average Bonchev–Trinajstić information content (AvgIpc) is 2.16. The Morgan fingerprint density at radius 2 is 1.75 bits per heavy atom. The first-order valence-electron chi connectivity index (χ1n) is 5.83. The summed E-state index contributed by atoms with van der Waals surface area (Å²) in [6.45, 7) is 8.24. The van der Waals surface area contributed by atoms with Crippen LogP contribution in [0.15, 0.2) is 24.3 Å². The molecule has 0 fully saturated rings. The molecular formula is C13H21FOSi. The Bertz CT molecular complexity index is 342. The Morgan fingerprint density at radius 1 is 1.19 bits per heavy atom. The molecule has 0 atom stereocenters. The highest BCUT2D eigenvalue weighted by Gasteiger charge is 2.38. The maximum absolute atomic E-state index is 13.1. The second-order valence-corrected chi connectivity index (χ2v) is 9.75. The summed E-state index contributed by atoms with van der Waals surface area (Å²) in [4.78, 5) is 10.7. The normalized spacial score (nSPS) is 12.5. The second-order valence-electron chi connectivity index (χ2n) is 5.11. The molecule has 0 aliphatic heterocycles. The zero-order valence-electron chi connectivity index (χ0n) is 10.5. The van der Waals surface area contributed by atoms with Crippen molar-refractivity contribution in [2.24, 2.45) is 0 Å². The van der Waals surface area contributed by atoms with E-state index in [9.17, 15) is 9.19 Å². The van der Waals surface area contributed by atoms with Gasteiger partial charge in [0.05, 0.1) is 0 Å². The first kappa shape index (κ1) is 13.4. The Balaban J connectivity index is 2.93. The molecule has 0 aromatic heterocycles. The van der Waals surface area contributed by atoms with Gasteiger partial charge in [0.15, 0.2) is 8.32 Å². The molecule has 0 saturated heterocycles. The molecule has 1 N–H and O–H groups in total. The van der Waals surface area contributed by atoms with E-state index in [0.29, 0.717) is 6.04 Å². The van der Waals surface area contributed by atoms with Crippen LogP contribution < -0.4 is 0 Å². The molecule has 1 rings (SSSR count). The quantitative estimate of drug-likeness (QED) is 0.796. The predicted octanol–water partition coefficient (Wildman–Crippen LogP) is 3.67. The van der Waals surface area contributed by atoms with Crippen LogP contribution >= 0.6 is 0 Å². The highest BCUT2D eigenvalue weighted by atomic mass is 28.4. The third-order valence-corrected chi connectivity index (χ3v) is 8.35. The minimum Gasteiger partial charge on any atom is -0.431 e. The largest absolute Gasteiger partial charge is 0.431 e. The molecule has 90 valence electrons. The molecule has 16 heavy (non-hydrogen) atoms. The lowest BCUT2D eigenvalue weighted by molar-refractivity contribution is 0.489. The number of benzene rings is 1. The monoisotopic (exact) mass is 240 g/mol. The van der Waals surface area contributed by atoms with Crippen LogP contribution in [-0.2, 0) is 6.04 Å². The van der Waals surface area contributed by atoms with Gasteiger partial charge in [-0.25, -0.2) is 4.39 Å². The van der Waals surface area contributed by atoms with Crippen LogP contribution in [0.4, 0.5) is 4.39 Å². The van der Waals surface area contributed by atoms with Crippen LogP contribution in [0.25, 0.3) is 0 Å². The van der Waals surface area contributed by atoms with Crippen molar-refractivity contribution in [1.82, 2.24) is 0 Å². The fourth-order valence-corrected chi connectivity index (χ4v) is 5.07. The van der Waals surface area contributed by atoms with Crippen molar-refractivity contribution in [1.29, 1.82) is 0 Å². The van der Waals surface area contributed by atoms with E-state index in [1.54, 1.807) is 6.07 Å². The summed E-state index contributed by atoms with van der Waals surface area (Å²) in [7, 11) is -2.33. The van der Waals surface area contributed by atoms with Crippen LogP contribution in [0.5, 0.6) is 0 Å². The summed E-state index contributed by atoms with van der Waals surface area (Å²) < 4.78 is 13.1. The number of hydrogen-bond acceptors (Lipinski definition) is 1. The summed E-state index contributed by atoms with van der Waals surface area (Å²) >= 11 is 0. The van der Waals surface area contributed by atoms with E-state index in [-0.39, 0.29) is 16.9 Å². The van der Waals surface area contributed by atoms with Gasteiger partial charge in [0, 0.05) is 0 Å². The molecular weight excluding hydrogens is 219 g/mol. The molecule has 1 aromatic carbocycles. The molecule has 3 heteroatoms. The standard InChI is InChI=1S/C13H21FOSi/c1-10(2)16(15,11(3)4)9-12-6-5-7-13(14)8-12/h5-8,10-11,15H,9H2,1-4H3. The lowest BCUT2D eigenvalue weighted by atomic mass is 10.2. The van der Waals surface area contributed by atoms with Gasteiger partial charge < -0.3 is 4.80 Å². The lowest BCUT2D eigenvalue weighted by Gasteiger charge is -2.33. The van der Waals surface area contributed by atoms with E-state index >= 15 is 0 Å². The highest BCUT2D eigenvalue weighted by Crippen LogP contribution is 2.32. The zero-order valence-corrected chi connectivity index (χ0v) is 11.5. The van der Waals surface area contributed by atoms with E-state index in [2.05, 4.69) is 27.7 Å². The molecule has 0 aliphatic rings. The molecule has 0 bridgehead atoms. The van der Waals surface area contributed by atoms with Gasteiger partial charge in [0.25, 0.3) is 0 Å². The van der Waals surface area contributed by atoms with E-state index in [1.807, 2.05) is 6.07 Å². The first-order valence-corrected chi connectivity index (χ1v) is 8.14. The Hall–Kier alpha value is -0.673. The third kappa shape index (κ3) is 2.92. The highest BCUT2D eigenvalue weighted by molar-refractivity contribution is 6.74. The van der Waals surface area contributed by atoms with E-state index in [0.717, 1.165) is 5.56 Å². The van der Waals surface area contributed by atoms with Gasteiger partial charge in [-0.2, -0.15) is 0 Å². The van der Waals surface area contributed by atoms with Crippen LogP contribution in [-0.4, -0.2) is 13.1 Å². The summed E-state index contributed by atoms with van der Waals surface area (Å²) in [6.07, 6.45) is 0. The second kappa shape index (κ2) is 5.10. The summed E-state index contributed by atoms with van der Waals surface area (Å²) in [5, 5.41) is 0. The van der Waals surface area contributed by atoms with Crippen LogP contribution in [0.3, 0.4) is 0 Å². The smallest absolute Gasteiger partial charge is 0.197 e. The molecule has 0 radical (unpaired) electrons. The Kier molecular flexibility index (Phi) is 4.27. The molecule has 0 saturated carbocycles. The van der Waals surface area contributed by atoms with Gasteiger partial charge >= 0.3 is 0 Å². The number of hydrogen-bond donors (Lipinski definition) is 1. The molecule has 0 unspecified atom stereocenters. The lowest BCUT2D eigenvalue weighted by Crippen LogP contribution is -2.44. The van der Waals surface area contributed by atoms with Crippen LogP contribution in [0.2, 0.25) is 11.1 Å². The molecule has 1 nitrogen and oxygen atoms in total. The summed E-state index contributed by atoms with van der Waals surface area (Å²) in [5.41, 5.74) is 1.49. The molecule has 0 amide bonds. The van der Waals surface area contributed by atoms with E-state index in [4.69, 9.17) is 0 Å². The van der Waals surface area contributed by atoms with Gasteiger partial charge in [-0.3, -0.25) is 0 Å². The summed E-state index contributed by atoms with van der Waals surface area (Å²) in [6, 6.07) is 7.21. The average molecular weight is 240 g/mol. The molecule has 0 aliphatic carbocycles. The van der Waals surface area contributed by atoms with Crippen LogP contribution in [0.1, 0.15) is 33.3 Å². The maximum atomic E-state index is 13.1. The zero-order chi connectivity index (χ0) is 12.3. The minimum atomic E-state index is -2.33. The fraction of sp³-hybridized carbons (Fsp3) is 0.538. The van der Waals surface area contributed by atoms with Gasteiger partial charge in [-0.1, -0.05) is 39.8 Å². The molecule has 0 heterocycles. The molecule has 0 spiro atoms. The van der Waals surface area contributed by atoms with Crippen molar-refractivity contribution in [3.8, 4) is 0 Å². The third-order valence-electron chi connectivity index (χ3n) is 3.38. The van der Waals surface area contributed by atoms with E-state index in [1.165, 1.54) is 12.1 Å². The van der Waals surface area contributed by atoms with Crippen molar-refractivity contribution in [2.75, 3.05) is 0 Å². The van der Waals surface area contributed by atoms with Crippen molar-refractivity contribution >= 4 is 8.32 Å². The van der Waals surface area contributed by atoms with Gasteiger partial charge in [-0.05, 0) is 34.8 Å². The number of halogens is 1. The molecule has 1 aromatic rings. The van der Waals surface area contributed by atoms with Crippen molar-refractivity contribution in [3.05, 3.63) is 35.6 Å². The van der Waals surface area contributed by atoms with Gasteiger partial charge in [0.2, 0.25) is 0 Å². The topological polar surface area (TPSA) is 20.2 Å². The van der Waals surface area contributed by atoms with Gasteiger partial charge in [0.1, 0.15) is 5.82 Å². The van der Waals surface area contributed by atoms with Crippen molar-refractivity contribution in [2.45, 2.75) is 44.8 Å². The number of rotatable bonds is 4. The fourth-order valence-electron chi connectivity index (χ4n) is 2.05. The maximum Gasteiger partial charge on any atom is 0.197 e. The van der Waals surface area contributed by atoms with E-state index < -0.39 is 8.32 Å². The summed E-state index contributed by atoms with van der Waals surface area (Å²) in [5.74, 6) is -0.221. The van der Waals surface area contributed by atoms with Crippen molar-refractivity contribution in [3.63, 3.8) is 0 Å². The SMILES string of the molecule is CC(C)[Si](O)(Cc1cccc(F)c1)C(C)C. The van der Waals surface area contributed by atoms with Gasteiger partial charge in [-0.15, -0.1) is 0 Å². The Morgan fingerprint density at radius 3 is 2.19 bits per heavy atom.